The van der Waals surface area contributed by atoms with Crippen molar-refractivity contribution >= 4 is 0 Å². The van der Waals surface area contributed by atoms with Gasteiger partial charge in [0.05, 0.1) is 18.8 Å². The van der Waals surface area contributed by atoms with Gasteiger partial charge in [-0.1, -0.05) is 6.92 Å². The molecule has 0 bridgehead atoms. The van der Waals surface area contributed by atoms with E-state index in [-0.39, 0.29) is 11.5 Å². The summed E-state index contributed by atoms with van der Waals surface area (Å²) in [7, 11) is 0. The first kappa shape index (κ1) is 16.4. The van der Waals surface area contributed by atoms with E-state index in [0.29, 0.717) is 18.6 Å². The van der Waals surface area contributed by atoms with E-state index in [0.717, 1.165) is 18.1 Å². The van der Waals surface area contributed by atoms with E-state index in [1.165, 1.54) is 31.6 Å². The molecule has 24 heavy (non-hydrogen) atoms. The van der Waals surface area contributed by atoms with Crippen LogP contribution in [0.4, 0.5) is 13.2 Å². The lowest BCUT2D eigenvalue weighted by molar-refractivity contribution is -0.209. The van der Waals surface area contributed by atoms with Crippen molar-refractivity contribution in [3.63, 3.8) is 0 Å². The first-order valence-corrected chi connectivity index (χ1v) is 8.61. The Kier molecular flexibility index (Phi) is 4.12. The number of rotatable bonds is 3. The number of halogens is 3. The molecule has 1 aliphatic heterocycles. The van der Waals surface area contributed by atoms with Crippen molar-refractivity contribution < 1.29 is 22.6 Å². The summed E-state index contributed by atoms with van der Waals surface area (Å²) in [6.45, 7) is 2.16. The molecule has 0 unspecified atom stereocenters. The van der Waals surface area contributed by atoms with Gasteiger partial charge in [0.1, 0.15) is 18.3 Å². The van der Waals surface area contributed by atoms with Gasteiger partial charge in [0.2, 0.25) is 0 Å². The van der Waals surface area contributed by atoms with Crippen molar-refractivity contribution in [3.05, 3.63) is 40.8 Å². The molecule has 1 radical (unpaired) electrons. The summed E-state index contributed by atoms with van der Waals surface area (Å²) >= 11 is 0. The predicted molar refractivity (Wildman–Crippen MR) is 82.6 cm³/mol. The van der Waals surface area contributed by atoms with Gasteiger partial charge in [-0.15, -0.1) is 0 Å². The minimum atomic E-state index is -1.16. The van der Waals surface area contributed by atoms with Gasteiger partial charge in [0, 0.05) is 11.5 Å². The number of hydrogen-bond donors (Lipinski definition) is 0. The van der Waals surface area contributed by atoms with Crippen LogP contribution >= 0.6 is 0 Å². The maximum Gasteiger partial charge on any atom is 0.184 e. The average molecular weight is 339 g/mol. The third kappa shape index (κ3) is 2.76. The van der Waals surface area contributed by atoms with Crippen molar-refractivity contribution in [2.45, 2.75) is 45.6 Å². The van der Waals surface area contributed by atoms with Crippen LogP contribution in [0, 0.1) is 34.8 Å². The zero-order valence-electron chi connectivity index (χ0n) is 13.8. The summed E-state index contributed by atoms with van der Waals surface area (Å²) < 4.78 is 51.4. The third-order valence-corrected chi connectivity index (χ3v) is 5.81. The molecular weight excluding hydrogens is 317 g/mol. The third-order valence-electron chi connectivity index (χ3n) is 5.81. The van der Waals surface area contributed by atoms with Gasteiger partial charge in [-0.2, -0.15) is 0 Å². The van der Waals surface area contributed by atoms with Crippen LogP contribution in [0.2, 0.25) is 0 Å². The van der Waals surface area contributed by atoms with Crippen LogP contribution < -0.4 is 0 Å². The molecule has 0 atom stereocenters. The van der Waals surface area contributed by atoms with Crippen molar-refractivity contribution in [1.29, 1.82) is 0 Å². The Morgan fingerprint density at radius 1 is 1.08 bits per heavy atom. The predicted octanol–water partition coefficient (Wildman–Crippen LogP) is 4.88. The second-order valence-corrected chi connectivity index (χ2v) is 7.82. The first-order chi connectivity index (χ1) is 11.5. The van der Waals surface area contributed by atoms with Gasteiger partial charge >= 0.3 is 0 Å². The molecule has 3 fully saturated rings. The lowest BCUT2D eigenvalue weighted by Gasteiger charge is -2.59. The van der Waals surface area contributed by atoms with Crippen LogP contribution in [0.3, 0.4) is 0 Å². The minimum absolute atomic E-state index is 0.267. The maximum atomic E-state index is 13.7. The summed E-state index contributed by atoms with van der Waals surface area (Å²) in [5, 5.41) is 0. The van der Waals surface area contributed by atoms with Crippen LogP contribution in [0.5, 0.6) is 0 Å². The van der Waals surface area contributed by atoms with Gasteiger partial charge < -0.3 is 9.47 Å². The van der Waals surface area contributed by atoms with E-state index in [1.54, 1.807) is 0 Å². The molecule has 1 aromatic rings. The second kappa shape index (κ2) is 6.03. The Balaban J connectivity index is 1.34. The molecule has 0 amide bonds. The molecule has 2 aliphatic carbocycles. The Labute approximate surface area is 140 Å². The molecule has 4 rings (SSSR count). The second-order valence-electron chi connectivity index (χ2n) is 7.82. The smallest absolute Gasteiger partial charge is 0.184 e. The summed E-state index contributed by atoms with van der Waals surface area (Å²) in [5.74, 6) is 0.854. The fraction of sp³-hybridized carbons (Fsp3) is 0.632. The highest BCUT2D eigenvalue weighted by Crippen LogP contribution is 2.63. The summed E-state index contributed by atoms with van der Waals surface area (Å²) in [6.07, 6.45) is 4.22. The Bertz CT molecular complexity index is 588. The molecular formula is C19H22F3O2. The van der Waals surface area contributed by atoms with Crippen molar-refractivity contribution in [1.82, 2.24) is 0 Å². The van der Waals surface area contributed by atoms with Gasteiger partial charge in [-0.3, -0.25) is 0 Å². The lowest BCUT2D eigenvalue weighted by atomic mass is 9.47. The van der Waals surface area contributed by atoms with E-state index in [9.17, 15) is 13.2 Å². The molecule has 2 saturated carbocycles. The van der Waals surface area contributed by atoms with Gasteiger partial charge in [-0.25, -0.2) is 13.2 Å². The molecule has 1 heterocycles. The van der Waals surface area contributed by atoms with E-state index in [2.05, 4.69) is 6.92 Å². The molecule has 131 valence electrons. The van der Waals surface area contributed by atoms with Crippen LogP contribution in [0.25, 0.3) is 0 Å². The van der Waals surface area contributed by atoms with Gasteiger partial charge in [0.15, 0.2) is 6.29 Å². The highest BCUT2D eigenvalue weighted by Gasteiger charge is 2.53. The maximum absolute atomic E-state index is 13.7. The SMILES string of the molecule is CC1CC2(C[C](C3COC(c4cc(F)c(CF)c(F)c4)OC3)C2)C1. The average Bonchev–Trinajstić information content (AvgIpc) is 2.49. The highest BCUT2D eigenvalue weighted by molar-refractivity contribution is 5.27. The number of hydrogen-bond acceptors (Lipinski definition) is 2. The van der Waals surface area contributed by atoms with Gasteiger partial charge in [-0.05, 0) is 55.1 Å². The summed E-state index contributed by atoms with van der Waals surface area (Å²) in [4.78, 5) is 0. The monoisotopic (exact) mass is 339 g/mol. The zero-order valence-corrected chi connectivity index (χ0v) is 13.8. The summed E-state index contributed by atoms with van der Waals surface area (Å²) in [6, 6.07) is 2.20. The van der Waals surface area contributed by atoms with Crippen LogP contribution in [-0.4, -0.2) is 13.2 Å². The van der Waals surface area contributed by atoms with Crippen molar-refractivity contribution in [2.75, 3.05) is 13.2 Å². The largest absolute Gasteiger partial charge is 0.348 e. The highest BCUT2D eigenvalue weighted by atomic mass is 19.1. The van der Waals surface area contributed by atoms with Crippen molar-refractivity contribution in [2.24, 2.45) is 17.3 Å². The molecule has 1 aromatic carbocycles. The number of benzene rings is 1. The molecule has 1 saturated heterocycles. The molecule has 2 nitrogen and oxygen atoms in total. The van der Waals surface area contributed by atoms with E-state index in [4.69, 9.17) is 9.47 Å². The van der Waals surface area contributed by atoms with Crippen LogP contribution in [0.15, 0.2) is 12.1 Å². The standard InChI is InChI=1S/C19H22F3O2/c1-11-4-19(5-11)6-13(7-19)14-9-23-18(24-10-14)12-2-16(21)15(8-20)17(22)3-12/h2-3,11,14,18H,4-10H2,1H3. The van der Waals surface area contributed by atoms with Gasteiger partial charge in [0.25, 0.3) is 0 Å². The van der Waals surface area contributed by atoms with E-state index in [1.807, 2.05) is 0 Å². The van der Waals surface area contributed by atoms with E-state index < -0.39 is 30.2 Å². The molecule has 1 spiro atoms. The minimum Gasteiger partial charge on any atom is -0.348 e. The number of alkyl halides is 1. The lowest BCUT2D eigenvalue weighted by Crippen LogP contribution is -2.49. The topological polar surface area (TPSA) is 18.5 Å². The van der Waals surface area contributed by atoms with Crippen LogP contribution in [-0.2, 0) is 16.1 Å². The normalized spacial score (nSPS) is 30.2. The quantitative estimate of drug-likeness (QED) is 0.781. The molecule has 0 N–H and O–H groups in total. The van der Waals surface area contributed by atoms with Crippen LogP contribution in [0.1, 0.15) is 50.0 Å². The Morgan fingerprint density at radius 3 is 2.17 bits per heavy atom. The molecule has 3 aliphatic rings. The van der Waals surface area contributed by atoms with E-state index >= 15 is 0 Å². The fourth-order valence-electron chi connectivity index (χ4n) is 4.73. The fourth-order valence-corrected chi connectivity index (χ4v) is 4.73. The first-order valence-electron chi connectivity index (χ1n) is 8.61. The van der Waals surface area contributed by atoms with Crippen molar-refractivity contribution in [3.8, 4) is 0 Å². The Morgan fingerprint density at radius 2 is 1.67 bits per heavy atom. The zero-order chi connectivity index (χ0) is 16.9. The summed E-state index contributed by atoms with van der Waals surface area (Å²) in [5.41, 5.74) is 0.279. The number of ether oxygens (including phenoxy) is 2. The molecule has 5 heteroatoms. The molecule has 0 aromatic heterocycles. The Hall–Kier alpha value is -1.07.